The summed E-state index contributed by atoms with van der Waals surface area (Å²) in [7, 11) is 0. The van der Waals surface area contributed by atoms with Crippen LogP contribution in [-0.2, 0) is 11.2 Å². The van der Waals surface area contributed by atoms with Gasteiger partial charge in [0.05, 0.1) is 6.61 Å². The van der Waals surface area contributed by atoms with Crippen molar-refractivity contribution in [3.8, 4) is 5.75 Å². The van der Waals surface area contributed by atoms with Crippen molar-refractivity contribution in [2.75, 3.05) is 13.2 Å². The second-order valence-corrected chi connectivity index (χ2v) is 8.22. The van der Waals surface area contributed by atoms with Crippen molar-refractivity contribution < 1.29 is 9.53 Å². The van der Waals surface area contributed by atoms with E-state index in [0.717, 1.165) is 23.3 Å². The molecule has 4 aromatic rings. The third kappa shape index (κ3) is 4.74. The lowest BCUT2D eigenvalue weighted by atomic mass is 9.96. The monoisotopic (exact) mass is 418 g/mol. The number of hydrogen-bond donors (Lipinski definition) is 2. The van der Waals surface area contributed by atoms with Gasteiger partial charge < -0.3 is 15.0 Å². The summed E-state index contributed by atoms with van der Waals surface area (Å²) in [5, 5.41) is 6.45. The van der Waals surface area contributed by atoms with E-state index in [1.165, 1.54) is 15.8 Å². The lowest BCUT2D eigenvalue weighted by Crippen LogP contribution is -2.28. The Bertz CT molecular complexity index is 1080. The van der Waals surface area contributed by atoms with E-state index in [0.29, 0.717) is 19.6 Å². The third-order valence-corrected chi connectivity index (χ3v) is 6.25. The lowest BCUT2D eigenvalue weighted by molar-refractivity contribution is -0.121. The number of H-pyrrole nitrogens is 1. The molecule has 1 unspecified atom stereocenters. The van der Waals surface area contributed by atoms with Crippen molar-refractivity contribution >= 4 is 28.1 Å². The number of para-hydroxylation sites is 1. The summed E-state index contributed by atoms with van der Waals surface area (Å²) in [5.41, 5.74) is 3.48. The molecule has 4 nitrogen and oxygen atoms in total. The highest BCUT2D eigenvalue weighted by atomic mass is 32.1. The quantitative estimate of drug-likeness (QED) is 0.377. The van der Waals surface area contributed by atoms with Gasteiger partial charge in [0, 0.05) is 40.9 Å². The SMILES string of the molecule is CCOc1ccc(CCC(=O)NCC(c2cccs2)c2c[nH]c3ccccc23)cc1. The Morgan fingerprint density at radius 1 is 1.10 bits per heavy atom. The van der Waals surface area contributed by atoms with Gasteiger partial charge in [-0.3, -0.25) is 4.79 Å². The molecule has 30 heavy (non-hydrogen) atoms. The molecular formula is C25H26N2O2S. The van der Waals surface area contributed by atoms with E-state index >= 15 is 0 Å². The number of hydrogen-bond acceptors (Lipinski definition) is 3. The number of ether oxygens (including phenoxy) is 1. The number of aryl methyl sites for hydroxylation is 1. The van der Waals surface area contributed by atoms with Gasteiger partial charge in [0.15, 0.2) is 0 Å². The van der Waals surface area contributed by atoms with Crippen LogP contribution < -0.4 is 10.1 Å². The highest BCUT2D eigenvalue weighted by Crippen LogP contribution is 2.32. The van der Waals surface area contributed by atoms with Crippen LogP contribution >= 0.6 is 11.3 Å². The Morgan fingerprint density at radius 2 is 1.93 bits per heavy atom. The Labute approximate surface area is 180 Å². The summed E-state index contributed by atoms with van der Waals surface area (Å²) < 4.78 is 5.47. The van der Waals surface area contributed by atoms with Crippen LogP contribution in [-0.4, -0.2) is 24.0 Å². The third-order valence-electron chi connectivity index (χ3n) is 5.26. The molecule has 0 saturated heterocycles. The van der Waals surface area contributed by atoms with Crippen LogP contribution in [0.4, 0.5) is 0 Å². The van der Waals surface area contributed by atoms with Gasteiger partial charge in [-0.25, -0.2) is 0 Å². The van der Waals surface area contributed by atoms with Crippen molar-refractivity contribution in [2.45, 2.75) is 25.7 Å². The molecule has 0 fully saturated rings. The molecule has 4 rings (SSSR count). The highest BCUT2D eigenvalue weighted by molar-refractivity contribution is 7.10. The molecule has 0 radical (unpaired) electrons. The summed E-state index contributed by atoms with van der Waals surface area (Å²) in [4.78, 5) is 17.2. The number of rotatable bonds is 9. The maximum absolute atomic E-state index is 12.6. The van der Waals surface area contributed by atoms with Crippen LogP contribution in [0.3, 0.4) is 0 Å². The van der Waals surface area contributed by atoms with Crippen molar-refractivity contribution in [3.05, 3.63) is 88.2 Å². The molecule has 0 aliphatic carbocycles. The fraction of sp³-hybridized carbons (Fsp3) is 0.240. The Balaban J connectivity index is 1.40. The summed E-state index contributed by atoms with van der Waals surface area (Å²) in [6, 6.07) is 20.5. The zero-order chi connectivity index (χ0) is 20.8. The zero-order valence-corrected chi connectivity index (χ0v) is 17.9. The first kappa shape index (κ1) is 20.2. The van der Waals surface area contributed by atoms with Gasteiger partial charge in [-0.2, -0.15) is 0 Å². The second kappa shape index (κ2) is 9.63. The van der Waals surface area contributed by atoms with Crippen molar-refractivity contribution in [1.82, 2.24) is 10.3 Å². The molecule has 0 aliphatic rings. The number of carbonyl (C=O) groups is 1. The van der Waals surface area contributed by atoms with Crippen molar-refractivity contribution in [2.24, 2.45) is 0 Å². The molecule has 2 N–H and O–H groups in total. The molecule has 0 bridgehead atoms. The van der Waals surface area contributed by atoms with Crippen LogP contribution in [0.15, 0.2) is 72.2 Å². The van der Waals surface area contributed by atoms with E-state index in [9.17, 15) is 4.79 Å². The molecule has 1 atom stereocenters. The van der Waals surface area contributed by atoms with Crippen molar-refractivity contribution in [3.63, 3.8) is 0 Å². The number of benzene rings is 2. The fourth-order valence-electron chi connectivity index (χ4n) is 3.72. The molecule has 5 heteroatoms. The predicted molar refractivity (Wildman–Crippen MR) is 123 cm³/mol. The normalized spacial score (nSPS) is 12.0. The first-order valence-corrected chi connectivity index (χ1v) is 11.2. The Kier molecular flexibility index (Phi) is 6.50. The number of aromatic amines is 1. The van der Waals surface area contributed by atoms with E-state index in [2.05, 4.69) is 52.2 Å². The van der Waals surface area contributed by atoms with Crippen molar-refractivity contribution in [1.29, 1.82) is 0 Å². The van der Waals surface area contributed by atoms with E-state index in [-0.39, 0.29) is 11.8 Å². The maximum atomic E-state index is 12.6. The minimum absolute atomic E-state index is 0.0743. The van der Waals surface area contributed by atoms with E-state index in [4.69, 9.17) is 4.74 Å². The van der Waals surface area contributed by atoms with E-state index in [1.807, 2.05) is 37.3 Å². The van der Waals surface area contributed by atoms with Gasteiger partial charge >= 0.3 is 0 Å². The Hall–Kier alpha value is -3.05. The van der Waals surface area contributed by atoms with E-state index in [1.54, 1.807) is 11.3 Å². The zero-order valence-electron chi connectivity index (χ0n) is 17.1. The summed E-state index contributed by atoms with van der Waals surface area (Å²) in [6.45, 7) is 3.21. The first-order chi connectivity index (χ1) is 14.7. The number of carbonyl (C=O) groups excluding carboxylic acids is 1. The molecule has 154 valence electrons. The van der Waals surface area contributed by atoms with Gasteiger partial charge in [0.2, 0.25) is 5.91 Å². The van der Waals surface area contributed by atoms with Gasteiger partial charge in [0.1, 0.15) is 5.75 Å². The van der Waals surface area contributed by atoms with Crippen LogP contribution in [0.2, 0.25) is 0 Å². The topological polar surface area (TPSA) is 54.1 Å². The van der Waals surface area contributed by atoms with Crippen LogP contribution in [0, 0.1) is 0 Å². The number of nitrogens with one attached hydrogen (secondary N) is 2. The van der Waals surface area contributed by atoms with Gasteiger partial charge in [-0.15, -0.1) is 11.3 Å². The predicted octanol–water partition coefficient (Wildman–Crippen LogP) is 5.51. The fourth-order valence-corrected chi connectivity index (χ4v) is 4.56. The molecule has 0 spiro atoms. The minimum Gasteiger partial charge on any atom is -0.494 e. The second-order valence-electron chi connectivity index (χ2n) is 7.24. The average molecular weight is 419 g/mol. The van der Waals surface area contributed by atoms with E-state index < -0.39 is 0 Å². The number of aromatic nitrogens is 1. The number of fused-ring (bicyclic) bond motifs is 1. The molecule has 0 saturated carbocycles. The molecule has 1 amide bonds. The highest BCUT2D eigenvalue weighted by Gasteiger charge is 2.19. The van der Waals surface area contributed by atoms with Gasteiger partial charge in [-0.1, -0.05) is 36.4 Å². The largest absolute Gasteiger partial charge is 0.494 e. The van der Waals surface area contributed by atoms with Crippen LogP contribution in [0.1, 0.15) is 35.3 Å². The van der Waals surface area contributed by atoms with Crippen LogP contribution in [0.5, 0.6) is 5.75 Å². The molecule has 2 aromatic carbocycles. The van der Waals surface area contributed by atoms with Gasteiger partial charge in [-0.05, 0) is 54.1 Å². The molecular weight excluding hydrogens is 392 g/mol. The summed E-state index contributed by atoms with van der Waals surface area (Å²) >= 11 is 1.73. The maximum Gasteiger partial charge on any atom is 0.220 e. The number of amides is 1. The molecule has 2 aromatic heterocycles. The minimum atomic E-state index is 0.0743. The summed E-state index contributed by atoms with van der Waals surface area (Å²) in [5.74, 6) is 1.07. The number of thiophene rings is 1. The Morgan fingerprint density at radius 3 is 2.70 bits per heavy atom. The lowest BCUT2D eigenvalue weighted by Gasteiger charge is -2.16. The van der Waals surface area contributed by atoms with Gasteiger partial charge in [0.25, 0.3) is 0 Å². The summed E-state index contributed by atoms with van der Waals surface area (Å²) in [6.07, 6.45) is 3.26. The standard InChI is InChI=1S/C25H26N2O2S/c1-2-29-19-12-9-18(10-13-19)11-14-25(28)27-17-22(24-8-5-15-30-24)21-16-26-23-7-4-3-6-20(21)23/h3-10,12-13,15-16,22,26H,2,11,14,17H2,1H3,(H,27,28). The molecule has 0 aliphatic heterocycles. The smallest absolute Gasteiger partial charge is 0.220 e. The first-order valence-electron chi connectivity index (χ1n) is 10.3. The average Bonchev–Trinajstić information content (AvgIpc) is 3.45. The van der Waals surface area contributed by atoms with Crippen LogP contribution in [0.25, 0.3) is 10.9 Å². The molecule has 2 heterocycles.